The SMILES string of the molecule is CN(CCO)c1ccc(C=CC2=CC(=CC=CC3=C(C#N)C(=C(C#N)C#N)OC3(C)C)CC(C)(C)C2)cc1. The number of aliphatic hydroxyl groups excluding tert-OH is 1. The van der Waals surface area contributed by atoms with E-state index in [1.807, 2.05) is 50.1 Å². The average Bonchev–Trinajstić information content (AvgIpc) is 3.12. The van der Waals surface area contributed by atoms with Crippen LogP contribution in [0, 0.1) is 39.4 Å². The molecule has 1 aromatic carbocycles. The lowest BCUT2D eigenvalue weighted by molar-refractivity contribution is 0.0954. The minimum atomic E-state index is -0.827. The van der Waals surface area contributed by atoms with Crippen LogP contribution in [-0.4, -0.2) is 30.9 Å². The quantitative estimate of drug-likeness (QED) is 0.436. The Bertz CT molecular complexity index is 1360. The zero-order chi connectivity index (χ0) is 27.9. The van der Waals surface area contributed by atoms with Crippen LogP contribution in [0.4, 0.5) is 5.69 Å². The van der Waals surface area contributed by atoms with Crippen molar-refractivity contribution < 1.29 is 9.84 Å². The van der Waals surface area contributed by atoms with E-state index in [4.69, 9.17) is 9.84 Å². The maximum atomic E-state index is 9.73. The lowest BCUT2D eigenvalue weighted by Crippen LogP contribution is -2.20. The first-order valence-corrected chi connectivity index (χ1v) is 12.6. The molecular weight excluding hydrogens is 472 g/mol. The van der Waals surface area contributed by atoms with Crippen molar-refractivity contribution in [3.63, 3.8) is 0 Å². The number of benzene rings is 1. The topological polar surface area (TPSA) is 104 Å². The smallest absolute Gasteiger partial charge is 0.172 e. The molecule has 0 aromatic heterocycles. The van der Waals surface area contributed by atoms with E-state index in [-0.39, 0.29) is 28.9 Å². The van der Waals surface area contributed by atoms with Crippen LogP contribution in [0.25, 0.3) is 6.08 Å². The van der Waals surface area contributed by atoms with Gasteiger partial charge >= 0.3 is 0 Å². The largest absolute Gasteiger partial charge is 0.480 e. The highest BCUT2D eigenvalue weighted by Crippen LogP contribution is 2.41. The van der Waals surface area contributed by atoms with E-state index in [0.717, 1.165) is 24.1 Å². The molecular formula is C32H34N4O2. The Morgan fingerprint density at radius 2 is 1.71 bits per heavy atom. The fourth-order valence-electron chi connectivity index (χ4n) is 4.79. The van der Waals surface area contributed by atoms with Gasteiger partial charge in [-0.1, -0.05) is 62.4 Å². The number of nitrogens with zero attached hydrogens (tertiary/aromatic N) is 4. The number of aliphatic hydroxyl groups is 1. The van der Waals surface area contributed by atoms with Gasteiger partial charge in [-0.05, 0) is 60.9 Å². The van der Waals surface area contributed by atoms with Crippen LogP contribution in [0.3, 0.4) is 0 Å². The molecule has 0 radical (unpaired) electrons. The molecule has 0 amide bonds. The Labute approximate surface area is 226 Å². The molecule has 0 atom stereocenters. The number of likely N-dealkylation sites (N-methyl/N-ethyl adjacent to an activating group) is 1. The van der Waals surface area contributed by atoms with Crippen LogP contribution in [0.1, 0.15) is 46.1 Å². The lowest BCUT2D eigenvalue weighted by Gasteiger charge is -2.30. The summed E-state index contributed by atoms with van der Waals surface area (Å²) < 4.78 is 5.84. The predicted octanol–water partition coefficient (Wildman–Crippen LogP) is 6.29. The highest BCUT2D eigenvalue weighted by atomic mass is 16.5. The molecule has 194 valence electrons. The fourth-order valence-corrected chi connectivity index (χ4v) is 4.79. The minimum Gasteiger partial charge on any atom is -0.480 e. The van der Waals surface area contributed by atoms with Gasteiger partial charge in [0.1, 0.15) is 29.4 Å². The molecule has 1 aliphatic heterocycles. The summed E-state index contributed by atoms with van der Waals surface area (Å²) in [6, 6.07) is 14.0. The van der Waals surface area contributed by atoms with Gasteiger partial charge in [0.25, 0.3) is 0 Å². The van der Waals surface area contributed by atoms with Crippen LogP contribution >= 0.6 is 0 Å². The van der Waals surface area contributed by atoms with E-state index < -0.39 is 5.60 Å². The Morgan fingerprint density at radius 3 is 2.32 bits per heavy atom. The highest BCUT2D eigenvalue weighted by molar-refractivity contribution is 5.61. The van der Waals surface area contributed by atoms with Crippen molar-refractivity contribution in [1.29, 1.82) is 15.8 Å². The summed E-state index contributed by atoms with van der Waals surface area (Å²) in [7, 11) is 1.96. The standard InChI is InChI=1S/C32H34N4O2/c1-31(2)18-24(7-6-8-29-28(22-35)30(26(20-33)21-34)38-32(29,3)4)17-25(19-31)10-9-23-11-13-27(14-12-23)36(5)15-16-37/h6-14,17,37H,15-16,18-19H2,1-5H3. The van der Waals surface area contributed by atoms with Gasteiger partial charge in [0.2, 0.25) is 0 Å². The van der Waals surface area contributed by atoms with Gasteiger partial charge in [-0.25, -0.2) is 0 Å². The van der Waals surface area contributed by atoms with Crippen molar-refractivity contribution in [2.45, 2.75) is 46.1 Å². The van der Waals surface area contributed by atoms with Crippen molar-refractivity contribution >= 4 is 11.8 Å². The molecule has 0 bridgehead atoms. The molecule has 6 heteroatoms. The molecule has 0 fully saturated rings. The number of rotatable bonds is 7. The number of nitriles is 3. The monoisotopic (exact) mass is 506 g/mol. The van der Waals surface area contributed by atoms with Gasteiger partial charge in [-0.2, -0.15) is 15.8 Å². The molecule has 0 unspecified atom stereocenters. The van der Waals surface area contributed by atoms with Crippen molar-refractivity contribution in [1.82, 2.24) is 0 Å². The molecule has 2 aliphatic rings. The summed E-state index contributed by atoms with van der Waals surface area (Å²) in [6.07, 6.45) is 14.2. The molecule has 1 aliphatic carbocycles. The normalized spacial score (nSPS) is 19.2. The first-order chi connectivity index (χ1) is 18.0. The number of allylic oxidation sites excluding steroid dienone is 8. The summed E-state index contributed by atoms with van der Waals surface area (Å²) in [5.41, 5.74) is 4.53. The molecule has 38 heavy (non-hydrogen) atoms. The van der Waals surface area contributed by atoms with E-state index in [0.29, 0.717) is 12.1 Å². The second-order valence-electron chi connectivity index (χ2n) is 10.8. The van der Waals surface area contributed by atoms with E-state index >= 15 is 0 Å². The van der Waals surface area contributed by atoms with Crippen molar-refractivity contribution in [3.8, 4) is 18.2 Å². The lowest BCUT2D eigenvalue weighted by atomic mass is 9.75. The van der Waals surface area contributed by atoms with Crippen LogP contribution < -0.4 is 4.90 Å². The van der Waals surface area contributed by atoms with Crippen LogP contribution in [0.15, 0.2) is 88.3 Å². The van der Waals surface area contributed by atoms with E-state index in [1.54, 1.807) is 0 Å². The van der Waals surface area contributed by atoms with Gasteiger partial charge in [-0.3, -0.25) is 0 Å². The number of hydrogen-bond donors (Lipinski definition) is 1. The number of anilines is 1. The molecule has 0 saturated heterocycles. The molecule has 1 aromatic rings. The zero-order valence-corrected chi connectivity index (χ0v) is 22.7. The second kappa shape index (κ2) is 11.8. The third-order valence-corrected chi connectivity index (χ3v) is 6.63. The van der Waals surface area contributed by atoms with Crippen molar-refractivity contribution in [3.05, 3.63) is 93.8 Å². The maximum absolute atomic E-state index is 9.73. The third-order valence-electron chi connectivity index (χ3n) is 6.63. The summed E-state index contributed by atoms with van der Waals surface area (Å²) in [4.78, 5) is 2.02. The molecule has 0 spiro atoms. The number of hydrogen-bond acceptors (Lipinski definition) is 6. The molecule has 1 heterocycles. The van der Waals surface area contributed by atoms with Gasteiger partial charge < -0.3 is 14.7 Å². The van der Waals surface area contributed by atoms with Gasteiger partial charge in [0, 0.05) is 24.9 Å². The Balaban J connectivity index is 1.86. The molecule has 0 saturated carbocycles. The van der Waals surface area contributed by atoms with Gasteiger partial charge in [0.05, 0.1) is 6.61 Å². The molecule has 1 N–H and O–H groups in total. The minimum absolute atomic E-state index is 0.0500. The van der Waals surface area contributed by atoms with Gasteiger partial charge in [-0.15, -0.1) is 0 Å². The summed E-state index contributed by atoms with van der Waals surface area (Å²) in [5, 5.41) is 37.4. The summed E-state index contributed by atoms with van der Waals surface area (Å²) >= 11 is 0. The average molecular weight is 507 g/mol. The fraction of sp³-hybridized carbons (Fsp3) is 0.344. The molecule has 6 nitrogen and oxygen atoms in total. The summed E-state index contributed by atoms with van der Waals surface area (Å²) in [6.45, 7) is 8.87. The second-order valence-corrected chi connectivity index (χ2v) is 10.8. The van der Waals surface area contributed by atoms with Crippen molar-refractivity contribution in [2.24, 2.45) is 5.41 Å². The third kappa shape index (κ3) is 6.71. The van der Waals surface area contributed by atoms with Crippen LogP contribution in [0.2, 0.25) is 0 Å². The van der Waals surface area contributed by atoms with Crippen LogP contribution in [0.5, 0.6) is 0 Å². The van der Waals surface area contributed by atoms with Crippen LogP contribution in [-0.2, 0) is 4.74 Å². The van der Waals surface area contributed by atoms with Crippen molar-refractivity contribution in [2.75, 3.05) is 25.1 Å². The van der Waals surface area contributed by atoms with Gasteiger partial charge in [0.15, 0.2) is 11.3 Å². The molecule has 3 rings (SSSR count). The Kier molecular flexibility index (Phi) is 8.80. The zero-order valence-electron chi connectivity index (χ0n) is 22.7. The predicted molar refractivity (Wildman–Crippen MR) is 150 cm³/mol. The Hall–Kier alpha value is -4.31. The first kappa shape index (κ1) is 28.3. The Morgan fingerprint density at radius 1 is 1.03 bits per heavy atom. The number of ether oxygens (including phenoxy) is 1. The summed E-state index contributed by atoms with van der Waals surface area (Å²) in [5.74, 6) is 0.0500. The van der Waals surface area contributed by atoms with E-state index in [1.165, 1.54) is 11.1 Å². The highest BCUT2D eigenvalue weighted by Gasteiger charge is 2.38. The maximum Gasteiger partial charge on any atom is 0.172 e. The van der Waals surface area contributed by atoms with E-state index in [2.05, 4.69) is 68.5 Å². The van der Waals surface area contributed by atoms with E-state index in [9.17, 15) is 15.8 Å². The first-order valence-electron chi connectivity index (χ1n) is 12.6.